The van der Waals surface area contributed by atoms with Gasteiger partial charge in [0.1, 0.15) is 0 Å². The molecule has 6 heteroatoms. The molecule has 22 heavy (non-hydrogen) atoms. The maximum absolute atomic E-state index is 11.8. The zero-order valence-electron chi connectivity index (χ0n) is 12.0. The fourth-order valence-electron chi connectivity index (χ4n) is 1.83. The van der Waals surface area contributed by atoms with Crippen molar-refractivity contribution in [2.24, 2.45) is 0 Å². The first kappa shape index (κ1) is 16.1. The minimum atomic E-state index is -0.296. The summed E-state index contributed by atoms with van der Waals surface area (Å²) in [6, 6.07) is 12.2. The summed E-state index contributed by atoms with van der Waals surface area (Å²) in [6.07, 6.45) is 0. The van der Waals surface area contributed by atoms with E-state index >= 15 is 0 Å². The van der Waals surface area contributed by atoms with Gasteiger partial charge >= 0.3 is 0 Å². The van der Waals surface area contributed by atoms with Crippen LogP contribution in [0.3, 0.4) is 0 Å². The van der Waals surface area contributed by atoms with Crippen LogP contribution in [0, 0.1) is 0 Å². The molecule has 0 atom stereocenters. The van der Waals surface area contributed by atoms with Gasteiger partial charge in [-0.3, -0.25) is 4.79 Å². The van der Waals surface area contributed by atoms with Gasteiger partial charge in [0.25, 0.3) is 5.91 Å². The van der Waals surface area contributed by atoms with Crippen molar-refractivity contribution < 1.29 is 19.4 Å². The highest BCUT2D eigenvalue weighted by atomic mass is 35.5. The summed E-state index contributed by atoms with van der Waals surface area (Å²) in [6.45, 7) is -0.385. The normalized spacial score (nSPS) is 10.1. The summed E-state index contributed by atoms with van der Waals surface area (Å²) in [7, 11) is 1.47. The molecule has 0 spiro atoms. The van der Waals surface area contributed by atoms with E-state index in [-0.39, 0.29) is 19.1 Å². The lowest BCUT2D eigenvalue weighted by Crippen LogP contribution is -2.20. The lowest BCUT2D eigenvalue weighted by Gasteiger charge is -2.13. The van der Waals surface area contributed by atoms with Gasteiger partial charge in [0, 0.05) is 11.8 Å². The highest BCUT2D eigenvalue weighted by Crippen LogP contribution is 2.33. The molecule has 0 aliphatic heterocycles. The Kier molecular flexibility index (Phi) is 5.63. The number of rotatable bonds is 6. The number of anilines is 1. The molecule has 0 bridgehead atoms. The molecule has 1 amide bonds. The standard InChI is InChI=1S/C16H16ClNO4/c1-21-14-7-11(9-19)13(17)8-15(14)22-10-16(20)18-12-5-3-2-4-6-12/h2-8,19H,9-10H2,1H3,(H,18,20). The van der Waals surface area contributed by atoms with E-state index in [2.05, 4.69) is 5.32 Å². The first-order valence-corrected chi connectivity index (χ1v) is 6.96. The van der Waals surface area contributed by atoms with Gasteiger partial charge in [-0.15, -0.1) is 0 Å². The number of hydrogen-bond acceptors (Lipinski definition) is 4. The van der Waals surface area contributed by atoms with Gasteiger partial charge in [0.2, 0.25) is 0 Å². The van der Waals surface area contributed by atoms with Crippen LogP contribution in [0.1, 0.15) is 5.56 Å². The maximum atomic E-state index is 11.8. The SMILES string of the molecule is COc1cc(CO)c(Cl)cc1OCC(=O)Nc1ccccc1. The van der Waals surface area contributed by atoms with Crippen LogP contribution in [0.4, 0.5) is 5.69 Å². The van der Waals surface area contributed by atoms with E-state index in [0.717, 1.165) is 0 Å². The third-order valence-electron chi connectivity index (χ3n) is 2.92. The molecule has 2 aromatic rings. The summed E-state index contributed by atoms with van der Waals surface area (Å²) in [5, 5.41) is 12.2. The van der Waals surface area contributed by atoms with Crippen molar-refractivity contribution in [1.29, 1.82) is 0 Å². The minimum Gasteiger partial charge on any atom is -0.493 e. The second-order valence-corrected chi connectivity index (χ2v) is 4.86. The Bertz CT molecular complexity index is 646. The van der Waals surface area contributed by atoms with Crippen molar-refractivity contribution in [2.75, 3.05) is 19.0 Å². The van der Waals surface area contributed by atoms with Crippen LogP contribution in [0.25, 0.3) is 0 Å². The maximum Gasteiger partial charge on any atom is 0.262 e. The van der Waals surface area contributed by atoms with Gasteiger partial charge in [0.15, 0.2) is 18.1 Å². The third kappa shape index (κ3) is 4.13. The summed E-state index contributed by atoms with van der Waals surface area (Å²) in [5.41, 5.74) is 1.22. The van der Waals surface area contributed by atoms with Crippen molar-refractivity contribution in [2.45, 2.75) is 6.61 Å². The molecule has 0 saturated heterocycles. The Morgan fingerprint density at radius 3 is 2.59 bits per heavy atom. The van der Waals surface area contributed by atoms with Crippen LogP contribution >= 0.6 is 11.6 Å². The number of hydrogen-bond donors (Lipinski definition) is 2. The minimum absolute atomic E-state index is 0.181. The largest absolute Gasteiger partial charge is 0.493 e. The zero-order chi connectivity index (χ0) is 15.9. The number of methoxy groups -OCH3 is 1. The van der Waals surface area contributed by atoms with Crippen molar-refractivity contribution in [3.05, 3.63) is 53.1 Å². The van der Waals surface area contributed by atoms with Gasteiger partial charge in [-0.2, -0.15) is 0 Å². The Labute approximate surface area is 133 Å². The molecule has 0 unspecified atom stereocenters. The lowest BCUT2D eigenvalue weighted by atomic mass is 10.2. The van der Waals surface area contributed by atoms with E-state index in [4.69, 9.17) is 26.2 Å². The average Bonchev–Trinajstić information content (AvgIpc) is 2.54. The van der Waals surface area contributed by atoms with Gasteiger partial charge in [0.05, 0.1) is 18.7 Å². The van der Waals surface area contributed by atoms with E-state index < -0.39 is 0 Å². The molecule has 0 aromatic heterocycles. The number of ether oxygens (including phenoxy) is 2. The molecule has 0 fully saturated rings. The monoisotopic (exact) mass is 321 g/mol. The molecular weight excluding hydrogens is 306 g/mol. The molecular formula is C16H16ClNO4. The summed E-state index contributed by atoms with van der Waals surface area (Å²) in [4.78, 5) is 11.8. The van der Waals surface area contributed by atoms with Crippen molar-refractivity contribution >= 4 is 23.2 Å². The first-order valence-electron chi connectivity index (χ1n) is 6.59. The third-order valence-corrected chi connectivity index (χ3v) is 3.27. The lowest BCUT2D eigenvalue weighted by molar-refractivity contribution is -0.118. The van der Waals surface area contributed by atoms with E-state index in [9.17, 15) is 4.79 Å². The number of carbonyl (C=O) groups excluding carboxylic acids is 1. The van der Waals surface area contributed by atoms with Crippen LogP contribution in [0.5, 0.6) is 11.5 Å². The Morgan fingerprint density at radius 1 is 1.23 bits per heavy atom. The molecule has 116 valence electrons. The van der Waals surface area contributed by atoms with Crippen LogP contribution in [-0.4, -0.2) is 24.7 Å². The van der Waals surface area contributed by atoms with E-state index in [1.807, 2.05) is 18.2 Å². The Hall–Kier alpha value is -2.24. The molecule has 2 rings (SSSR count). The summed E-state index contributed by atoms with van der Waals surface area (Å²) >= 11 is 6.01. The molecule has 0 aliphatic carbocycles. The van der Waals surface area contributed by atoms with E-state index in [1.165, 1.54) is 13.2 Å². The van der Waals surface area contributed by atoms with Gasteiger partial charge < -0.3 is 19.9 Å². The Morgan fingerprint density at radius 2 is 1.95 bits per heavy atom. The highest BCUT2D eigenvalue weighted by Gasteiger charge is 2.12. The van der Waals surface area contributed by atoms with E-state index in [0.29, 0.717) is 27.8 Å². The molecule has 2 aromatic carbocycles. The average molecular weight is 322 g/mol. The van der Waals surface area contributed by atoms with Gasteiger partial charge in [-0.25, -0.2) is 0 Å². The number of para-hydroxylation sites is 1. The smallest absolute Gasteiger partial charge is 0.262 e. The number of benzene rings is 2. The zero-order valence-corrected chi connectivity index (χ0v) is 12.8. The van der Waals surface area contributed by atoms with Crippen LogP contribution in [0.2, 0.25) is 5.02 Å². The second-order valence-electron chi connectivity index (χ2n) is 4.46. The fourth-order valence-corrected chi connectivity index (χ4v) is 2.05. The summed E-state index contributed by atoms with van der Waals surface area (Å²) in [5.74, 6) is 0.449. The molecule has 0 radical (unpaired) electrons. The quantitative estimate of drug-likeness (QED) is 0.858. The van der Waals surface area contributed by atoms with Crippen molar-refractivity contribution in [1.82, 2.24) is 0 Å². The predicted molar refractivity (Wildman–Crippen MR) is 84.5 cm³/mol. The predicted octanol–water partition coefficient (Wildman–Crippen LogP) is 2.86. The number of nitrogens with one attached hydrogen (secondary N) is 1. The number of halogens is 1. The van der Waals surface area contributed by atoms with Gasteiger partial charge in [-0.1, -0.05) is 29.8 Å². The van der Waals surface area contributed by atoms with Gasteiger partial charge in [-0.05, 0) is 23.8 Å². The molecule has 0 heterocycles. The second kappa shape index (κ2) is 7.68. The van der Waals surface area contributed by atoms with Crippen LogP contribution < -0.4 is 14.8 Å². The number of carbonyl (C=O) groups is 1. The Balaban J connectivity index is 2.02. The molecule has 0 aliphatic rings. The molecule has 2 N–H and O–H groups in total. The van der Waals surface area contributed by atoms with Crippen molar-refractivity contribution in [3.8, 4) is 11.5 Å². The number of aliphatic hydroxyl groups is 1. The molecule has 0 saturated carbocycles. The fraction of sp³-hybridized carbons (Fsp3) is 0.188. The van der Waals surface area contributed by atoms with Crippen LogP contribution in [0.15, 0.2) is 42.5 Å². The van der Waals surface area contributed by atoms with E-state index in [1.54, 1.807) is 18.2 Å². The number of amides is 1. The number of aliphatic hydroxyl groups excluding tert-OH is 1. The topological polar surface area (TPSA) is 67.8 Å². The summed E-state index contributed by atoms with van der Waals surface area (Å²) < 4.78 is 10.6. The molecule has 5 nitrogen and oxygen atoms in total. The first-order chi connectivity index (χ1) is 10.6. The highest BCUT2D eigenvalue weighted by molar-refractivity contribution is 6.31. The van der Waals surface area contributed by atoms with Crippen LogP contribution in [-0.2, 0) is 11.4 Å². The van der Waals surface area contributed by atoms with Crippen molar-refractivity contribution in [3.63, 3.8) is 0 Å².